The quantitative estimate of drug-likeness (QED) is 0.171. The molecular weight excluding hydrogens is 742 g/mol. The predicted octanol–water partition coefficient (Wildman–Crippen LogP) is 8.46. The SMILES string of the molecule is O=C(NC1CC2CC(C1)CC(C(=O)O)C2)c1cnc(-c2cn(C3CCC(F)(F)CC3)c3cc(OC4CCN(c5cc(F)ccn5)CC4)ccc23)nc1C(F)(F)F. The largest absolute Gasteiger partial charge is 0.490 e. The van der Waals surface area contributed by atoms with Crippen molar-refractivity contribution < 1.29 is 45.8 Å². The van der Waals surface area contributed by atoms with Crippen LogP contribution in [0.5, 0.6) is 5.75 Å². The normalized spacial score (nSPS) is 24.6. The van der Waals surface area contributed by atoms with Crippen molar-refractivity contribution in [1.29, 1.82) is 0 Å². The molecule has 1 aromatic carbocycles. The molecule has 56 heavy (non-hydrogen) atoms. The van der Waals surface area contributed by atoms with E-state index < -0.39 is 47.2 Å². The Kier molecular flexibility index (Phi) is 10.1. The van der Waals surface area contributed by atoms with Gasteiger partial charge in [-0.15, -0.1) is 0 Å². The maximum Gasteiger partial charge on any atom is 0.434 e. The molecule has 0 radical (unpaired) electrons. The molecule has 4 heterocycles. The van der Waals surface area contributed by atoms with Crippen molar-refractivity contribution in [2.45, 2.75) is 101 Å². The van der Waals surface area contributed by atoms with Gasteiger partial charge in [0.25, 0.3) is 5.91 Å². The number of aromatic nitrogens is 4. The van der Waals surface area contributed by atoms with Gasteiger partial charge < -0.3 is 24.6 Å². The molecule has 4 fully saturated rings. The second-order valence-corrected chi connectivity index (χ2v) is 15.9. The zero-order valence-electron chi connectivity index (χ0n) is 30.5. The number of rotatable bonds is 8. The number of piperidine rings is 1. The van der Waals surface area contributed by atoms with Gasteiger partial charge in [0.2, 0.25) is 5.92 Å². The number of nitrogens with zero attached hydrogens (tertiary/aromatic N) is 5. The van der Waals surface area contributed by atoms with Crippen molar-refractivity contribution in [3.63, 3.8) is 0 Å². The number of alkyl halides is 5. The molecular formula is C40H42F6N6O4. The van der Waals surface area contributed by atoms with Crippen molar-refractivity contribution in [3.05, 3.63) is 66.0 Å². The number of amides is 1. The van der Waals surface area contributed by atoms with Crippen LogP contribution in [-0.2, 0) is 11.0 Å². The van der Waals surface area contributed by atoms with E-state index in [4.69, 9.17) is 4.74 Å². The van der Waals surface area contributed by atoms with E-state index in [1.165, 1.54) is 18.3 Å². The van der Waals surface area contributed by atoms with E-state index >= 15 is 0 Å². The third-order valence-corrected chi connectivity index (χ3v) is 12.0. The molecule has 3 saturated carbocycles. The van der Waals surface area contributed by atoms with E-state index in [0.717, 1.165) is 12.6 Å². The summed E-state index contributed by atoms with van der Waals surface area (Å²) in [5.74, 6) is -4.52. The highest BCUT2D eigenvalue weighted by Gasteiger charge is 2.42. The lowest BCUT2D eigenvalue weighted by Crippen LogP contribution is -2.44. The van der Waals surface area contributed by atoms with Gasteiger partial charge in [0, 0.05) is 92.5 Å². The predicted molar refractivity (Wildman–Crippen MR) is 193 cm³/mol. The van der Waals surface area contributed by atoms with Crippen LogP contribution >= 0.6 is 0 Å². The molecule has 1 aliphatic heterocycles. The van der Waals surface area contributed by atoms with Crippen molar-refractivity contribution in [2.75, 3.05) is 18.0 Å². The molecule has 3 aromatic heterocycles. The van der Waals surface area contributed by atoms with E-state index in [-0.39, 0.29) is 66.9 Å². The van der Waals surface area contributed by atoms with Crippen molar-refractivity contribution in [3.8, 4) is 17.1 Å². The van der Waals surface area contributed by atoms with E-state index in [9.17, 15) is 41.0 Å². The number of carboxylic acid groups (broad SMARTS) is 1. The number of hydrogen-bond donors (Lipinski definition) is 2. The second kappa shape index (κ2) is 14.9. The van der Waals surface area contributed by atoms with E-state index in [0.29, 0.717) is 74.1 Å². The first kappa shape index (κ1) is 38.0. The van der Waals surface area contributed by atoms with Crippen LogP contribution in [0.2, 0.25) is 0 Å². The Balaban J connectivity index is 1.05. The van der Waals surface area contributed by atoms with E-state index in [1.807, 2.05) is 4.90 Å². The molecule has 298 valence electrons. The number of hydrogen-bond acceptors (Lipinski definition) is 7. The highest BCUT2D eigenvalue weighted by atomic mass is 19.4. The van der Waals surface area contributed by atoms with Gasteiger partial charge in [-0.1, -0.05) is 0 Å². The number of ether oxygens (including phenoxy) is 1. The lowest BCUT2D eigenvalue weighted by atomic mass is 9.66. The molecule has 3 aliphatic carbocycles. The Hall–Kier alpha value is -4.89. The Morgan fingerprint density at radius 2 is 1.64 bits per heavy atom. The number of aliphatic carboxylic acids is 1. The van der Waals surface area contributed by atoms with Gasteiger partial charge in [-0.3, -0.25) is 9.59 Å². The maximum atomic E-state index is 14.6. The number of carboxylic acids is 1. The number of pyridine rings is 1. The fraction of sp³-hybridized carbons (Fsp3) is 0.525. The van der Waals surface area contributed by atoms with Crippen molar-refractivity contribution in [1.82, 2.24) is 24.8 Å². The monoisotopic (exact) mass is 784 g/mol. The summed E-state index contributed by atoms with van der Waals surface area (Å²) < 4.78 is 94.3. The topological polar surface area (TPSA) is 122 Å². The lowest BCUT2D eigenvalue weighted by Gasteiger charge is -2.41. The minimum atomic E-state index is -5.00. The summed E-state index contributed by atoms with van der Waals surface area (Å²) in [7, 11) is 0. The average molecular weight is 785 g/mol. The maximum absolute atomic E-state index is 14.6. The van der Waals surface area contributed by atoms with Gasteiger partial charge in [-0.25, -0.2) is 28.1 Å². The Morgan fingerprint density at radius 3 is 2.30 bits per heavy atom. The van der Waals surface area contributed by atoms with Crippen molar-refractivity contribution >= 4 is 28.6 Å². The van der Waals surface area contributed by atoms with Crippen LogP contribution in [0.1, 0.15) is 92.7 Å². The van der Waals surface area contributed by atoms with Crippen LogP contribution in [0, 0.1) is 23.6 Å². The smallest absolute Gasteiger partial charge is 0.434 e. The van der Waals surface area contributed by atoms with E-state index in [1.54, 1.807) is 29.0 Å². The zero-order chi connectivity index (χ0) is 39.4. The number of benzene rings is 1. The van der Waals surface area contributed by atoms with Crippen molar-refractivity contribution in [2.24, 2.45) is 17.8 Å². The van der Waals surface area contributed by atoms with Crippen LogP contribution < -0.4 is 15.0 Å². The summed E-state index contributed by atoms with van der Waals surface area (Å²) in [5, 5.41) is 12.7. The van der Waals surface area contributed by atoms with Gasteiger partial charge in [0.05, 0.1) is 17.0 Å². The average Bonchev–Trinajstić information content (AvgIpc) is 3.53. The van der Waals surface area contributed by atoms with Gasteiger partial charge >= 0.3 is 12.1 Å². The van der Waals surface area contributed by atoms with Gasteiger partial charge in [-0.2, -0.15) is 13.2 Å². The molecule has 8 rings (SSSR count). The van der Waals surface area contributed by atoms with Gasteiger partial charge in [-0.05, 0) is 75.0 Å². The number of fused-ring (bicyclic) bond motifs is 3. The number of anilines is 1. The summed E-state index contributed by atoms with van der Waals surface area (Å²) in [6.07, 6.45) is 2.38. The highest BCUT2D eigenvalue weighted by Crippen LogP contribution is 2.44. The Morgan fingerprint density at radius 1 is 0.929 bits per heavy atom. The molecule has 1 amide bonds. The fourth-order valence-electron chi connectivity index (χ4n) is 9.38. The van der Waals surface area contributed by atoms with Crippen LogP contribution in [0.4, 0.5) is 32.2 Å². The minimum Gasteiger partial charge on any atom is -0.490 e. The molecule has 1 saturated heterocycles. The number of halogens is 6. The summed E-state index contributed by atoms with van der Waals surface area (Å²) in [4.78, 5) is 39.4. The molecule has 10 nitrogen and oxygen atoms in total. The first-order valence-electron chi connectivity index (χ1n) is 19.2. The summed E-state index contributed by atoms with van der Waals surface area (Å²) >= 11 is 0. The zero-order valence-corrected chi connectivity index (χ0v) is 30.5. The molecule has 0 spiro atoms. The molecule has 16 heteroatoms. The number of nitrogens with one attached hydrogen (secondary N) is 1. The number of carbonyl (C=O) groups is 2. The van der Waals surface area contributed by atoms with Gasteiger partial charge in [0.1, 0.15) is 23.5 Å². The summed E-state index contributed by atoms with van der Waals surface area (Å²) in [6.45, 7) is 1.17. The van der Waals surface area contributed by atoms with E-state index in [2.05, 4.69) is 20.3 Å². The van der Waals surface area contributed by atoms with Crippen LogP contribution in [-0.4, -0.2) is 67.7 Å². The molecule has 2 bridgehead atoms. The molecule has 2 unspecified atom stereocenters. The summed E-state index contributed by atoms with van der Waals surface area (Å²) in [6, 6.07) is 7.06. The standard InChI is InChI=1S/C40H42F6N6O4/c41-25-5-10-47-34(18-25)51-11-6-28(7-12-51)56-29-1-2-30-32(21-52(33(30)19-29)27-3-8-39(42,43)9-4-27)36-48-20-31(35(50-36)40(44,45)46)37(53)49-26-16-22-13-23(17-26)15-24(14-22)38(54)55/h1-2,5,10,18-24,26-28H,3-4,6-9,11-17H2,(H,49,53)(H,54,55). The Bertz CT molecular complexity index is 2090. The molecule has 4 aromatic rings. The third-order valence-electron chi connectivity index (χ3n) is 12.0. The second-order valence-electron chi connectivity index (χ2n) is 15.9. The number of carbonyl (C=O) groups excluding carboxylic acids is 1. The molecule has 2 atom stereocenters. The van der Waals surface area contributed by atoms with Crippen LogP contribution in [0.15, 0.2) is 48.9 Å². The molecule has 2 N–H and O–H groups in total. The summed E-state index contributed by atoms with van der Waals surface area (Å²) in [5.41, 5.74) is -1.28. The third kappa shape index (κ3) is 8.01. The molecule has 4 aliphatic rings. The van der Waals surface area contributed by atoms with Crippen LogP contribution in [0.3, 0.4) is 0 Å². The first-order chi connectivity index (χ1) is 26.7. The van der Waals surface area contributed by atoms with Crippen LogP contribution in [0.25, 0.3) is 22.3 Å². The fourth-order valence-corrected chi connectivity index (χ4v) is 9.38. The Labute approximate surface area is 318 Å². The van der Waals surface area contributed by atoms with Gasteiger partial charge in [0.15, 0.2) is 11.5 Å². The highest BCUT2D eigenvalue weighted by molar-refractivity contribution is 5.97. The first-order valence-corrected chi connectivity index (χ1v) is 19.2. The minimum absolute atomic E-state index is 0.0607. The lowest BCUT2D eigenvalue weighted by molar-refractivity contribution is -0.144.